The van der Waals surface area contributed by atoms with Gasteiger partial charge in [-0.25, -0.2) is 4.79 Å². The highest BCUT2D eigenvalue weighted by atomic mass is 16.5. The van der Waals surface area contributed by atoms with E-state index in [4.69, 9.17) is 4.74 Å². The molecule has 0 spiro atoms. The molecule has 0 aromatic heterocycles. The number of carbonyl (C=O) groups excluding carboxylic acids is 3. The van der Waals surface area contributed by atoms with E-state index in [1.54, 1.807) is 18.0 Å². The van der Waals surface area contributed by atoms with Crippen molar-refractivity contribution in [2.75, 3.05) is 20.2 Å². The molecule has 0 saturated heterocycles. The average molecular weight is 377 g/mol. The molecule has 148 valence electrons. The third kappa shape index (κ3) is 4.09. The highest BCUT2D eigenvalue weighted by Gasteiger charge is 2.50. The zero-order chi connectivity index (χ0) is 20.3. The lowest BCUT2D eigenvalue weighted by Crippen LogP contribution is -2.58. The summed E-state index contributed by atoms with van der Waals surface area (Å²) in [7, 11) is 1.55. The van der Waals surface area contributed by atoms with E-state index in [0.29, 0.717) is 18.2 Å². The molecule has 2 aliphatic rings. The fourth-order valence-electron chi connectivity index (χ4n) is 3.41. The van der Waals surface area contributed by atoms with Gasteiger partial charge in [0.2, 0.25) is 0 Å². The van der Waals surface area contributed by atoms with Crippen molar-refractivity contribution in [3.8, 4) is 0 Å². The molecular formula is C19H29N4O4+. The number of hydrogen-bond acceptors (Lipinski definition) is 5. The summed E-state index contributed by atoms with van der Waals surface area (Å²) in [4.78, 5) is 45.4. The van der Waals surface area contributed by atoms with Crippen LogP contribution in [0.2, 0.25) is 0 Å². The average Bonchev–Trinajstić information content (AvgIpc) is 2.60. The first-order valence-electron chi connectivity index (χ1n) is 9.34. The molecule has 0 fully saturated rings. The Bertz CT molecular complexity index is 713. The van der Waals surface area contributed by atoms with Crippen LogP contribution in [0.1, 0.15) is 41.0 Å². The second-order valence-corrected chi connectivity index (χ2v) is 7.24. The second-order valence-electron chi connectivity index (χ2n) is 7.24. The van der Waals surface area contributed by atoms with Gasteiger partial charge >= 0.3 is 11.9 Å². The molecule has 2 heterocycles. The molecule has 0 saturated carbocycles. The number of amides is 4. The molecule has 0 aromatic rings. The summed E-state index contributed by atoms with van der Waals surface area (Å²) in [6, 6.07) is -0.620. The zero-order valence-electron chi connectivity index (χ0n) is 16.9. The number of carbonyl (C=O) groups is 3. The molecule has 8 heteroatoms. The molecule has 1 unspecified atom stereocenters. The summed E-state index contributed by atoms with van der Waals surface area (Å²) in [5.41, 5.74) is 0. The summed E-state index contributed by atoms with van der Waals surface area (Å²) in [5, 5.41) is 0. The molecule has 0 N–H and O–H groups in total. The Kier molecular flexibility index (Phi) is 6.51. The van der Waals surface area contributed by atoms with Crippen molar-refractivity contribution in [3.63, 3.8) is 0 Å². The van der Waals surface area contributed by atoms with Crippen LogP contribution >= 0.6 is 0 Å². The topological polar surface area (TPSA) is 82.3 Å². The lowest BCUT2D eigenvalue weighted by molar-refractivity contribution is -0.408. The van der Waals surface area contributed by atoms with E-state index < -0.39 is 17.9 Å². The van der Waals surface area contributed by atoms with E-state index in [-0.39, 0.29) is 24.5 Å². The van der Waals surface area contributed by atoms with E-state index in [1.807, 2.05) is 34.6 Å². The summed E-state index contributed by atoms with van der Waals surface area (Å²) >= 11 is 0. The monoisotopic (exact) mass is 377 g/mol. The molecule has 0 radical (unpaired) electrons. The summed E-state index contributed by atoms with van der Waals surface area (Å²) < 4.78 is 7.01. The Hall–Kier alpha value is -2.51. The van der Waals surface area contributed by atoms with Crippen LogP contribution in [0.25, 0.3) is 0 Å². The number of allylic oxidation sites excluding steroid dienone is 1. The quantitative estimate of drug-likeness (QED) is 0.632. The third-order valence-electron chi connectivity index (χ3n) is 4.53. The van der Waals surface area contributed by atoms with Crippen LogP contribution in [0.4, 0.5) is 4.79 Å². The van der Waals surface area contributed by atoms with Gasteiger partial charge in [-0.3, -0.25) is 9.59 Å². The van der Waals surface area contributed by atoms with Crippen molar-refractivity contribution >= 4 is 29.9 Å². The number of nitrogens with zero attached hydrogens (tertiary/aromatic N) is 4. The van der Waals surface area contributed by atoms with Gasteiger partial charge in [-0.2, -0.15) is 9.48 Å². The Labute approximate surface area is 160 Å². The molecule has 2 aliphatic heterocycles. The van der Waals surface area contributed by atoms with E-state index in [1.165, 1.54) is 10.8 Å². The number of fused-ring (bicyclic) bond motifs is 1. The molecule has 27 heavy (non-hydrogen) atoms. The Morgan fingerprint density at radius 3 is 2.48 bits per heavy atom. The van der Waals surface area contributed by atoms with Gasteiger partial charge in [0.15, 0.2) is 12.5 Å². The standard InChI is InChI=1S/C19H29N4O4/c1-7-10-27-14-8-9-20-17-16(14)18(25)22(19(26)21(17)6)11-15(24)23(12(2)3)13(4)5/h8-9,12-13,16H,7,10-11H2,1-6H3/q+1. The number of imide groups is 1. The number of aliphatic imine (C=N–C) groups is 1. The minimum Gasteiger partial charge on any atom is -0.496 e. The molecule has 8 nitrogen and oxygen atoms in total. The molecule has 0 bridgehead atoms. The van der Waals surface area contributed by atoms with Crippen LogP contribution in [0, 0.1) is 5.92 Å². The highest BCUT2D eigenvalue weighted by molar-refractivity contribution is 6.16. The van der Waals surface area contributed by atoms with Gasteiger partial charge in [0.1, 0.15) is 12.0 Å². The first-order valence-corrected chi connectivity index (χ1v) is 9.34. The Morgan fingerprint density at radius 2 is 1.93 bits per heavy atom. The highest BCUT2D eigenvalue weighted by Crippen LogP contribution is 2.25. The molecule has 4 amide bonds. The number of dihydropyridines is 1. The van der Waals surface area contributed by atoms with Crippen molar-refractivity contribution < 1.29 is 23.7 Å². The van der Waals surface area contributed by atoms with E-state index in [9.17, 15) is 14.4 Å². The van der Waals surface area contributed by atoms with Crippen molar-refractivity contribution in [1.29, 1.82) is 0 Å². The number of amidine groups is 1. The zero-order valence-corrected chi connectivity index (χ0v) is 16.9. The summed E-state index contributed by atoms with van der Waals surface area (Å²) in [6.07, 6.45) is 3.95. The lowest BCUT2D eigenvalue weighted by Gasteiger charge is -2.33. The molecule has 1 atom stereocenters. The maximum atomic E-state index is 13.1. The molecule has 0 aliphatic carbocycles. The summed E-state index contributed by atoms with van der Waals surface area (Å²) in [5.74, 6) is -0.769. The lowest BCUT2D eigenvalue weighted by atomic mass is 9.99. The van der Waals surface area contributed by atoms with Crippen LogP contribution in [-0.4, -0.2) is 76.6 Å². The van der Waals surface area contributed by atoms with Gasteiger partial charge in [0.25, 0.3) is 11.7 Å². The van der Waals surface area contributed by atoms with Crippen LogP contribution in [0.15, 0.2) is 16.8 Å². The van der Waals surface area contributed by atoms with E-state index >= 15 is 0 Å². The number of hydrogen-bond donors (Lipinski definition) is 0. The minimum atomic E-state index is -0.802. The van der Waals surface area contributed by atoms with Crippen LogP contribution in [-0.2, 0) is 14.3 Å². The van der Waals surface area contributed by atoms with Crippen molar-refractivity contribution in [2.24, 2.45) is 10.9 Å². The largest absolute Gasteiger partial charge is 0.496 e. The molecule has 0 aromatic carbocycles. The van der Waals surface area contributed by atoms with E-state index in [0.717, 1.165) is 11.3 Å². The van der Waals surface area contributed by atoms with E-state index in [2.05, 4.69) is 4.99 Å². The van der Waals surface area contributed by atoms with Gasteiger partial charge in [-0.1, -0.05) is 6.92 Å². The van der Waals surface area contributed by atoms with Gasteiger partial charge < -0.3 is 9.64 Å². The fourth-order valence-corrected chi connectivity index (χ4v) is 3.41. The Balaban J connectivity index is 2.32. The minimum absolute atomic E-state index is 0.0324. The first-order chi connectivity index (χ1) is 12.7. The number of rotatable bonds is 7. The van der Waals surface area contributed by atoms with Crippen LogP contribution in [0.5, 0.6) is 0 Å². The maximum absolute atomic E-state index is 13.1. The maximum Gasteiger partial charge on any atom is 0.446 e. The van der Waals surface area contributed by atoms with Gasteiger partial charge in [-0.05, 0) is 34.1 Å². The Morgan fingerprint density at radius 1 is 1.30 bits per heavy atom. The van der Waals surface area contributed by atoms with Gasteiger partial charge in [0, 0.05) is 18.2 Å². The molecule has 2 rings (SSSR count). The van der Waals surface area contributed by atoms with Gasteiger partial charge in [0.05, 0.1) is 13.7 Å². The second kappa shape index (κ2) is 8.45. The van der Waals surface area contributed by atoms with Crippen LogP contribution < -0.4 is 0 Å². The smallest absolute Gasteiger partial charge is 0.446 e. The normalized spacial score (nSPS) is 19.6. The fraction of sp³-hybridized carbons (Fsp3) is 0.632. The predicted molar refractivity (Wildman–Crippen MR) is 102 cm³/mol. The van der Waals surface area contributed by atoms with Crippen molar-refractivity contribution in [3.05, 3.63) is 11.8 Å². The van der Waals surface area contributed by atoms with Crippen molar-refractivity contribution in [2.45, 2.75) is 53.1 Å². The summed E-state index contributed by atoms with van der Waals surface area (Å²) in [6.45, 7) is 9.76. The molecular weight excluding hydrogens is 348 g/mol. The SMILES string of the molecule is CCCOC1=CC=NC2=[N+](C)C(=O)N(CC(=O)N(C(C)C)C(C)C)C(=O)C12. The van der Waals surface area contributed by atoms with Crippen molar-refractivity contribution in [1.82, 2.24) is 9.80 Å². The first kappa shape index (κ1) is 20.8. The predicted octanol–water partition coefficient (Wildman–Crippen LogP) is 1.65. The van der Waals surface area contributed by atoms with Gasteiger partial charge in [-0.15, -0.1) is 4.99 Å². The number of urea groups is 1. The number of ether oxygens (including phenoxy) is 1. The third-order valence-corrected chi connectivity index (χ3v) is 4.53. The van der Waals surface area contributed by atoms with Crippen LogP contribution in [0.3, 0.4) is 0 Å².